The summed E-state index contributed by atoms with van der Waals surface area (Å²) in [7, 11) is 1.56. The largest absolute Gasteiger partial charge is 0.496 e. The third-order valence-electron chi connectivity index (χ3n) is 2.82. The average Bonchev–Trinajstić information content (AvgIpc) is 2.36. The van der Waals surface area contributed by atoms with Crippen LogP contribution in [-0.4, -0.2) is 7.11 Å². The molecule has 0 aliphatic rings. The molecule has 0 saturated heterocycles. The Morgan fingerprint density at radius 1 is 1.17 bits per heavy atom. The van der Waals surface area contributed by atoms with E-state index in [9.17, 15) is 4.39 Å². The highest BCUT2D eigenvalue weighted by atomic mass is 19.1. The van der Waals surface area contributed by atoms with Crippen LogP contribution < -0.4 is 4.74 Å². The van der Waals surface area contributed by atoms with Gasteiger partial charge in [0.05, 0.1) is 12.5 Å². The Kier molecular flexibility index (Phi) is 5.14. The van der Waals surface area contributed by atoms with E-state index in [1.807, 2.05) is 26.0 Å². The fourth-order valence-electron chi connectivity index (χ4n) is 1.84. The van der Waals surface area contributed by atoms with Crippen LogP contribution in [0.25, 0.3) is 10.8 Å². The molecule has 0 aromatic heterocycles. The predicted octanol–water partition coefficient (Wildman–Crippen LogP) is 5.02. The van der Waals surface area contributed by atoms with Crippen LogP contribution in [0.3, 0.4) is 0 Å². The maximum atomic E-state index is 13.8. The van der Waals surface area contributed by atoms with Gasteiger partial charge in [0.25, 0.3) is 0 Å². The molecule has 98 valence electrons. The SMILES string of the molecule is CCC.COc1cccc2c(C)c(C)cc(F)c12. The van der Waals surface area contributed by atoms with E-state index in [2.05, 4.69) is 13.8 Å². The van der Waals surface area contributed by atoms with Crippen molar-refractivity contribution in [2.45, 2.75) is 34.1 Å². The van der Waals surface area contributed by atoms with Crippen LogP contribution in [0.5, 0.6) is 5.75 Å². The molecule has 0 amide bonds. The van der Waals surface area contributed by atoms with Gasteiger partial charge in [0.15, 0.2) is 0 Å². The first-order chi connectivity index (χ1) is 8.56. The number of rotatable bonds is 1. The number of hydrogen-bond acceptors (Lipinski definition) is 1. The summed E-state index contributed by atoms with van der Waals surface area (Å²) in [5, 5.41) is 1.50. The molecule has 0 unspecified atom stereocenters. The molecule has 2 aromatic carbocycles. The van der Waals surface area contributed by atoms with E-state index in [1.54, 1.807) is 19.2 Å². The van der Waals surface area contributed by atoms with E-state index in [-0.39, 0.29) is 5.82 Å². The monoisotopic (exact) mass is 248 g/mol. The Hall–Kier alpha value is -1.57. The van der Waals surface area contributed by atoms with E-state index in [1.165, 1.54) is 6.42 Å². The lowest BCUT2D eigenvalue weighted by atomic mass is 10.00. The Morgan fingerprint density at radius 2 is 1.78 bits per heavy atom. The van der Waals surface area contributed by atoms with Crippen LogP contribution in [0.1, 0.15) is 31.4 Å². The fraction of sp³-hybridized carbons (Fsp3) is 0.375. The van der Waals surface area contributed by atoms with Gasteiger partial charge in [0, 0.05) is 0 Å². The van der Waals surface area contributed by atoms with Crippen LogP contribution in [-0.2, 0) is 0 Å². The third-order valence-corrected chi connectivity index (χ3v) is 2.82. The summed E-state index contributed by atoms with van der Waals surface area (Å²) in [6, 6.07) is 7.14. The van der Waals surface area contributed by atoms with Crippen molar-refractivity contribution in [2.75, 3.05) is 7.11 Å². The van der Waals surface area contributed by atoms with E-state index >= 15 is 0 Å². The maximum Gasteiger partial charge on any atom is 0.135 e. The Bertz CT molecular complexity index is 532. The molecule has 2 aromatic rings. The Morgan fingerprint density at radius 3 is 2.33 bits per heavy atom. The maximum absolute atomic E-state index is 13.8. The zero-order valence-electron chi connectivity index (χ0n) is 11.8. The van der Waals surface area contributed by atoms with Crippen molar-refractivity contribution in [3.8, 4) is 5.75 Å². The average molecular weight is 248 g/mol. The Balaban J connectivity index is 0.000000492. The summed E-state index contributed by atoms with van der Waals surface area (Å²) in [4.78, 5) is 0. The van der Waals surface area contributed by atoms with Gasteiger partial charge in [-0.15, -0.1) is 0 Å². The van der Waals surface area contributed by atoms with E-state index < -0.39 is 0 Å². The van der Waals surface area contributed by atoms with Crippen molar-refractivity contribution in [2.24, 2.45) is 0 Å². The summed E-state index contributed by atoms with van der Waals surface area (Å²) in [6.07, 6.45) is 1.25. The van der Waals surface area contributed by atoms with E-state index in [0.29, 0.717) is 11.1 Å². The molecule has 0 fully saturated rings. The number of ether oxygens (including phenoxy) is 1. The Labute approximate surface area is 109 Å². The molecule has 2 rings (SSSR count). The molecular formula is C16H21FO. The van der Waals surface area contributed by atoms with Crippen molar-refractivity contribution in [3.05, 3.63) is 41.2 Å². The summed E-state index contributed by atoms with van der Waals surface area (Å²) >= 11 is 0. The molecule has 0 N–H and O–H groups in total. The minimum atomic E-state index is -0.217. The summed E-state index contributed by atoms with van der Waals surface area (Å²) in [5.74, 6) is 0.374. The number of benzene rings is 2. The van der Waals surface area contributed by atoms with E-state index in [0.717, 1.165) is 16.5 Å². The summed E-state index contributed by atoms with van der Waals surface area (Å²) in [5.41, 5.74) is 2.07. The number of methoxy groups -OCH3 is 1. The van der Waals surface area contributed by atoms with Crippen molar-refractivity contribution in [3.63, 3.8) is 0 Å². The summed E-state index contributed by atoms with van der Waals surface area (Å²) in [6.45, 7) is 8.16. The van der Waals surface area contributed by atoms with Gasteiger partial charge in [-0.2, -0.15) is 0 Å². The molecule has 0 saturated carbocycles. The second-order valence-electron chi connectivity index (χ2n) is 4.39. The van der Waals surface area contributed by atoms with Gasteiger partial charge >= 0.3 is 0 Å². The minimum absolute atomic E-state index is 0.217. The molecule has 1 nitrogen and oxygen atoms in total. The number of fused-ring (bicyclic) bond motifs is 1. The zero-order chi connectivity index (χ0) is 13.7. The molecule has 0 atom stereocenters. The highest BCUT2D eigenvalue weighted by Crippen LogP contribution is 2.31. The number of hydrogen-bond donors (Lipinski definition) is 0. The molecule has 0 radical (unpaired) electrons. The molecule has 18 heavy (non-hydrogen) atoms. The summed E-state index contributed by atoms with van der Waals surface area (Å²) < 4.78 is 19.0. The lowest BCUT2D eigenvalue weighted by Crippen LogP contribution is -1.92. The molecule has 2 heteroatoms. The van der Waals surface area contributed by atoms with Gasteiger partial charge in [0.1, 0.15) is 11.6 Å². The third kappa shape index (κ3) is 2.81. The fourth-order valence-corrected chi connectivity index (χ4v) is 1.84. The first-order valence-electron chi connectivity index (χ1n) is 6.29. The highest BCUT2D eigenvalue weighted by molar-refractivity contribution is 5.92. The smallest absolute Gasteiger partial charge is 0.135 e. The molecular weight excluding hydrogens is 227 g/mol. The zero-order valence-corrected chi connectivity index (χ0v) is 11.8. The van der Waals surface area contributed by atoms with Crippen molar-refractivity contribution in [1.29, 1.82) is 0 Å². The van der Waals surface area contributed by atoms with Crippen LogP contribution in [0, 0.1) is 19.7 Å². The van der Waals surface area contributed by atoms with Crippen LogP contribution in [0.2, 0.25) is 0 Å². The molecule has 0 aliphatic heterocycles. The minimum Gasteiger partial charge on any atom is -0.496 e. The normalized spacial score (nSPS) is 9.89. The lowest BCUT2D eigenvalue weighted by Gasteiger charge is -2.10. The number of halogens is 1. The van der Waals surface area contributed by atoms with E-state index in [4.69, 9.17) is 4.74 Å². The standard InChI is InChI=1S/C13H13FO.C3H8/c1-8-7-11(14)13-10(9(8)2)5-4-6-12(13)15-3;1-3-2/h4-7H,1-3H3;3H2,1-2H3. The van der Waals surface area contributed by atoms with Crippen molar-refractivity contribution >= 4 is 10.8 Å². The van der Waals surface area contributed by atoms with Crippen molar-refractivity contribution in [1.82, 2.24) is 0 Å². The predicted molar refractivity (Wildman–Crippen MR) is 75.9 cm³/mol. The highest BCUT2D eigenvalue weighted by Gasteiger charge is 2.10. The van der Waals surface area contributed by atoms with Crippen LogP contribution in [0.4, 0.5) is 4.39 Å². The number of aryl methyl sites for hydroxylation is 2. The van der Waals surface area contributed by atoms with Gasteiger partial charge in [0.2, 0.25) is 0 Å². The molecule has 0 spiro atoms. The molecule has 0 bridgehead atoms. The van der Waals surface area contributed by atoms with Gasteiger partial charge in [-0.3, -0.25) is 0 Å². The van der Waals surface area contributed by atoms with Gasteiger partial charge < -0.3 is 4.74 Å². The quantitative estimate of drug-likeness (QED) is 0.688. The molecule has 0 aliphatic carbocycles. The van der Waals surface area contributed by atoms with Crippen molar-refractivity contribution < 1.29 is 9.13 Å². The van der Waals surface area contributed by atoms with Gasteiger partial charge in [-0.25, -0.2) is 4.39 Å². The first-order valence-corrected chi connectivity index (χ1v) is 6.29. The first kappa shape index (κ1) is 14.5. The second-order valence-corrected chi connectivity index (χ2v) is 4.39. The topological polar surface area (TPSA) is 9.23 Å². The molecule has 0 heterocycles. The van der Waals surface area contributed by atoms with Crippen LogP contribution >= 0.6 is 0 Å². The van der Waals surface area contributed by atoms with Gasteiger partial charge in [-0.05, 0) is 42.5 Å². The van der Waals surface area contributed by atoms with Crippen LogP contribution in [0.15, 0.2) is 24.3 Å². The second kappa shape index (κ2) is 6.39. The lowest BCUT2D eigenvalue weighted by molar-refractivity contribution is 0.418. The van der Waals surface area contributed by atoms with Gasteiger partial charge in [-0.1, -0.05) is 32.4 Å².